The normalized spacial score (nSPS) is 11.3. The summed E-state index contributed by atoms with van der Waals surface area (Å²) in [5, 5.41) is 3.72. The van der Waals surface area contributed by atoms with E-state index in [9.17, 15) is 0 Å². The molecule has 0 radical (unpaired) electrons. The van der Waals surface area contributed by atoms with Crippen molar-refractivity contribution in [2.24, 2.45) is 0 Å². The van der Waals surface area contributed by atoms with E-state index in [0.29, 0.717) is 0 Å². The van der Waals surface area contributed by atoms with Gasteiger partial charge in [0, 0.05) is 5.02 Å². The van der Waals surface area contributed by atoms with Crippen molar-refractivity contribution >= 4 is 22.4 Å². The maximum Gasteiger partial charge on any atom is 0.0412 e. The van der Waals surface area contributed by atoms with Crippen LogP contribution in [0.4, 0.5) is 0 Å². The molecular formula is C22H31Cl. The number of rotatable bonds is 8. The van der Waals surface area contributed by atoms with E-state index >= 15 is 0 Å². The number of hydrogen-bond acceptors (Lipinski definition) is 0. The first-order valence-corrected chi connectivity index (χ1v) is 9.80. The number of fused-ring (bicyclic) bond motifs is 1. The van der Waals surface area contributed by atoms with Gasteiger partial charge in [-0.3, -0.25) is 0 Å². The number of hydrogen-bond donors (Lipinski definition) is 0. The summed E-state index contributed by atoms with van der Waals surface area (Å²) in [5.74, 6) is 0. The van der Waals surface area contributed by atoms with Crippen LogP contribution in [0.15, 0.2) is 18.2 Å². The van der Waals surface area contributed by atoms with Crippen molar-refractivity contribution in [3.8, 4) is 0 Å². The molecule has 1 heteroatoms. The van der Waals surface area contributed by atoms with Gasteiger partial charge in [-0.1, -0.05) is 71.0 Å². The summed E-state index contributed by atoms with van der Waals surface area (Å²) in [4.78, 5) is 0. The standard InChI is InChI=1S/C22H31Cl/c1-5-9-17-18(10-6-2)20(12-8-4)22-15-16(23)13-14-21(22)19(17)11-7-3/h13-15H,5-12H2,1-4H3. The van der Waals surface area contributed by atoms with E-state index in [4.69, 9.17) is 11.6 Å². The first-order valence-electron chi connectivity index (χ1n) is 9.42. The van der Waals surface area contributed by atoms with Crippen LogP contribution in [-0.2, 0) is 25.7 Å². The third kappa shape index (κ3) is 3.91. The Balaban J connectivity index is 2.86. The first kappa shape index (κ1) is 18.3. The lowest BCUT2D eigenvalue weighted by Crippen LogP contribution is -2.07. The van der Waals surface area contributed by atoms with Crippen LogP contribution >= 0.6 is 11.6 Å². The third-order valence-electron chi connectivity index (χ3n) is 4.72. The minimum atomic E-state index is 0.864. The smallest absolute Gasteiger partial charge is 0.0412 e. The Morgan fingerprint density at radius 2 is 1.04 bits per heavy atom. The van der Waals surface area contributed by atoms with Crippen molar-refractivity contribution < 1.29 is 0 Å². The van der Waals surface area contributed by atoms with Crippen LogP contribution in [0.2, 0.25) is 5.02 Å². The van der Waals surface area contributed by atoms with Crippen molar-refractivity contribution in [3.05, 3.63) is 45.5 Å². The minimum absolute atomic E-state index is 0.864. The molecule has 0 nitrogen and oxygen atoms in total. The molecule has 2 aromatic carbocycles. The molecule has 0 aliphatic heterocycles. The topological polar surface area (TPSA) is 0 Å². The van der Waals surface area contributed by atoms with Crippen LogP contribution in [0.1, 0.15) is 75.6 Å². The number of benzene rings is 2. The van der Waals surface area contributed by atoms with Gasteiger partial charge in [0.25, 0.3) is 0 Å². The van der Waals surface area contributed by atoms with Crippen molar-refractivity contribution in [1.29, 1.82) is 0 Å². The van der Waals surface area contributed by atoms with E-state index in [2.05, 4.69) is 45.9 Å². The largest absolute Gasteiger partial charge is 0.0843 e. The summed E-state index contributed by atoms with van der Waals surface area (Å²) in [7, 11) is 0. The molecular weight excluding hydrogens is 300 g/mol. The summed E-state index contributed by atoms with van der Waals surface area (Å²) in [6.07, 6.45) is 9.57. The molecule has 0 spiro atoms. The quantitative estimate of drug-likeness (QED) is 0.476. The van der Waals surface area contributed by atoms with Gasteiger partial charge >= 0.3 is 0 Å². The molecule has 0 unspecified atom stereocenters. The lowest BCUT2D eigenvalue weighted by Gasteiger charge is -2.22. The Bertz CT molecular complexity index is 655. The molecule has 0 bridgehead atoms. The van der Waals surface area contributed by atoms with Crippen molar-refractivity contribution in [3.63, 3.8) is 0 Å². The van der Waals surface area contributed by atoms with E-state index in [1.807, 2.05) is 0 Å². The fourth-order valence-electron chi connectivity index (χ4n) is 3.89. The third-order valence-corrected chi connectivity index (χ3v) is 4.96. The van der Waals surface area contributed by atoms with Gasteiger partial charge in [0.05, 0.1) is 0 Å². The summed E-state index contributed by atoms with van der Waals surface area (Å²) < 4.78 is 0. The molecule has 0 aliphatic rings. The predicted octanol–water partition coefficient (Wildman–Crippen LogP) is 7.30. The van der Waals surface area contributed by atoms with Crippen LogP contribution in [-0.4, -0.2) is 0 Å². The van der Waals surface area contributed by atoms with E-state index in [1.54, 1.807) is 22.3 Å². The minimum Gasteiger partial charge on any atom is -0.0843 e. The van der Waals surface area contributed by atoms with Crippen molar-refractivity contribution in [2.45, 2.75) is 79.1 Å². The average Bonchev–Trinajstić information content (AvgIpc) is 2.54. The van der Waals surface area contributed by atoms with Crippen LogP contribution in [0.25, 0.3) is 10.8 Å². The molecule has 0 N–H and O–H groups in total. The van der Waals surface area contributed by atoms with E-state index in [-0.39, 0.29) is 0 Å². The molecule has 0 heterocycles. The first-order chi connectivity index (χ1) is 11.2. The highest BCUT2D eigenvalue weighted by Crippen LogP contribution is 2.35. The molecule has 0 aliphatic carbocycles. The Kier molecular flexibility index (Phi) is 6.96. The van der Waals surface area contributed by atoms with Gasteiger partial charge in [0.1, 0.15) is 0 Å². The molecule has 0 atom stereocenters. The van der Waals surface area contributed by atoms with Crippen molar-refractivity contribution in [1.82, 2.24) is 0 Å². The van der Waals surface area contributed by atoms with Gasteiger partial charge in [-0.25, -0.2) is 0 Å². The second-order valence-corrected chi connectivity index (χ2v) is 7.04. The maximum atomic E-state index is 6.35. The molecule has 0 fully saturated rings. The summed E-state index contributed by atoms with van der Waals surface area (Å²) in [6, 6.07) is 6.53. The molecule has 0 saturated carbocycles. The van der Waals surface area contributed by atoms with Crippen LogP contribution < -0.4 is 0 Å². The summed E-state index contributed by atoms with van der Waals surface area (Å²) in [5.41, 5.74) is 6.43. The zero-order chi connectivity index (χ0) is 16.8. The highest BCUT2D eigenvalue weighted by Gasteiger charge is 2.17. The fraction of sp³-hybridized carbons (Fsp3) is 0.545. The fourth-order valence-corrected chi connectivity index (χ4v) is 4.07. The van der Waals surface area contributed by atoms with Gasteiger partial charge in [0.2, 0.25) is 0 Å². The molecule has 0 saturated heterocycles. The Labute approximate surface area is 147 Å². The van der Waals surface area contributed by atoms with E-state index in [0.717, 1.165) is 11.4 Å². The second kappa shape index (κ2) is 8.73. The Morgan fingerprint density at radius 3 is 1.52 bits per heavy atom. The Morgan fingerprint density at radius 1 is 0.609 bits per heavy atom. The van der Waals surface area contributed by atoms with Crippen LogP contribution in [0, 0.1) is 0 Å². The lowest BCUT2D eigenvalue weighted by molar-refractivity contribution is 0.810. The lowest BCUT2D eigenvalue weighted by atomic mass is 9.82. The van der Waals surface area contributed by atoms with Gasteiger partial charge in [-0.15, -0.1) is 0 Å². The Hall–Kier alpha value is -1.01. The zero-order valence-electron chi connectivity index (χ0n) is 15.3. The summed E-state index contributed by atoms with van der Waals surface area (Å²) in [6.45, 7) is 9.17. The number of halogens is 1. The molecule has 23 heavy (non-hydrogen) atoms. The van der Waals surface area contributed by atoms with E-state index in [1.165, 1.54) is 55.7 Å². The van der Waals surface area contributed by atoms with Gasteiger partial charge < -0.3 is 0 Å². The molecule has 2 aromatic rings. The SMILES string of the molecule is CCCc1c(CCC)c(CCC)c2cc(Cl)ccc2c1CCC. The second-order valence-electron chi connectivity index (χ2n) is 6.60. The van der Waals surface area contributed by atoms with Gasteiger partial charge in [-0.2, -0.15) is 0 Å². The van der Waals surface area contributed by atoms with Crippen LogP contribution in [0.3, 0.4) is 0 Å². The highest BCUT2D eigenvalue weighted by atomic mass is 35.5. The van der Waals surface area contributed by atoms with E-state index < -0.39 is 0 Å². The monoisotopic (exact) mass is 330 g/mol. The molecule has 0 aromatic heterocycles. The predicted molar refractivity (Wildman–Crippen MR) is 105 cm³/mol. The summed E-state index contributed by atoms with van der Waals surface area (Å²) >= 11 is 6.35. The molecule has 2 rings (SSSR count). The molecule has 126 valence electrons. The maximum absolute atomic E-state index is 6.35. The highest BCUT2D eigenvalue weighted by molar-refractivity contribution is 6.31. The van der Waals surface area contributed by atoms with Crippen molar-refractivity contribution in [2.75, 3.05) is 0 Å². The van der Waals surface area contributed by atoms with Gasteiger partial charge in [-0.05, 0) is 70.8 Å². The zero-order valence-corrected chi connectivity index (χ0v) is 16.0. The number of aryl methyl sites for hydroxylation is 2. The van der Waals surface area contributed by atoms with Crippen LogP contribution in [0.5, 0.6) is 0 Å². The average molecular weight is 331 g/mol. The van der Waals surface area contributed by atoms with Gasteiger partial charge in [0.15, 0.2) is 0 Å². The molecule has 0 amide bonds.